The van der Waals surface area contributed by atoms with Crippen LogP contribution in [0.4, 0.5) is 5.82 Å². The number of benzene rings is 1. The first-order valence-electron chi connectivity index (χ1n) is 7.62. The topological polar surface area (TPSA) is 45.2 Å². The second-order valence-electron chi connectivity index (χ2n) is 5.58. The number of nitrogens with one attached hydrogen (secondary N) is 1. The van der Waals surface area contributed by atoms with Gasteiger partial charge in [-0.2, -0.15) is 0 Å². The van der Waals surface area contributed by atoms with E-state index in [4.69, 9.17) is 0 Å². The van der Waals surface area contributed by atoms with Crippen molar-refractivity contribution < 1.29 is 4.79 Å². The van der Waals surface area contributed by atoms with Crippen molar-refractivity contribution in [2.45, 2.75) is 24.5 Å². The van der Waals surface area contributed by atoms with Gasteiger partial charge in [0.1, 0.15) is 5.82 Å². The van der Waals surface area contributed by atoms with E-state index in [-0.39, 0.29) is 11.2 Å². The van der Waals surface area contributed by atoms with Crippen LogP contribution in [-0.4, -0.2) is 30.2 Å². The van der Waals surface area contributed by atoms with Gasteiger partial charge in [0.25, 0.3) is 0 Å². The molecule has 23 heavy (non-hydrogen) atoms. The SMILES string of the molecule is C[C@@H](SCc1ccccc1)C(=O)NCc1ccc(N(C)C)nc1. The van der Waals surface area contributed by atoms with Crippen LogP contribution >= 0.6 is 11.8 Å². The van der Waals surface area contributed by atoms with Crippen molar-refractivity contribution in [1.82, 2.24) is 10.3 Å². The molecule has 0 saturated carbocycles. The quantitative estimate of drug-likeness (QED) is 0.848. The zero-order chi connectivity index (χ0) is 16.7. The largest absolute Gasteiger partial charge is 0.363 e. The van der Waals surface area contributed by atoms with Gasteiger partial charge in [-0.1, -0.05) is 36.4 Å². The number of aromatic nitrogens is 1. The van der Waals surface area contributed by atoms with Crippen molar-refractivity contribution in [3.63, 3.8) is 0 Å². The van der Waals surface area contributed by atoms with Crippen LogP contribution in [0.15, 0.2) is 48.7 Å². The van der Waals surface area contributed by atoms with Crippen LogP contribution in [0, 0.1) is 0 Å². The summed E-state index contributed by atoms with van der Waals surface area (Å²) in [6.45, 7) is 2.45. The van der Waals surface area contributed by atoms with E-state index in [0.717, 1.165) is 17.1 Å². The number of pyridine rings is 1. The molecule has 1 heterocycles. The smallest absolute Gasteiger partial charge is 0.233 e. The van der Waals surface area contributed by atoms with E-state index in [1.165, 1.54) is 5.56 Å². The summed E-state index contributed by atoms with van der Waals surface area (Å²) >= 11 is 1.64. The average Bonchev–Trinajstić information content (AvgIpc) is 2.58. The summed E-state index contributed by atoms with van der Waals surface area (Å²) in [5.41, 5.74) is 2.24. The second kappa shape index (κ2) is 8.58. The Kier molecular flexibility index (Phi) is 6.47. The molecule has 0 radical (unpaired) electrons. The minimum atomic E-state index is -0.0794. The van der Waals surface area contributed by atoms with Crippen molar-refractivity contribution in [2.24, 2.45) is 0 Å². The molecule has 5 heteroatoms. The first kappa shape index (κ1) is 17.3. The van der Waals surface area contributed by atoms with Gasteiger partial charge in [-0.05, 0) is 24.1 Å². The molecule has 1 N–H and O–H groups in total. The maximum absolute atomic E-state index is 12.2. The Hall–Kier alpha value is -2.01. The number of hydrogen-bond donors (Lipinski definition) is 1. The molecule has 122 valence electrons. The van der Waals surface area contributed by atoms with Crippen LogP contribution in [0.25, 0.3) is 0 Å². The van der Waals surface area contributed by atoms with Crippen LogP contribution in [0.3, 0.4) is 0 Å². The molecule has 0 aliphatic carbocycles. The Morgan fingerprint density at radius 3 is 2.52 bits per heavy atom. The fraction of sp³-hybridized carbons (Fsp3) is 0.333. The molecular weight excluding hydrogens is 306 g/mol. The van der Waals surface area contributed by atoms with E-state index in [9.17, 15) is 4.79 Å². The zero-order valence-corrected chi connectivity index (χ0v) is 14.6. The van der Waals surface area contributed by atoms with Crippen LogP contribution in [0.2, 0.25) is 0 Å². The number of anilines is 1. The summed E-state index contributed by atoms with van der Waals surface area (Å²) < 4.78 is 0. The highest BCUT2D eigenvalue weighted by Gasteiger charge is 2.13. The summed E-state index contributed by atoms with van der Waals surface area (Å²) in [4.78, 5) is 18.4. The summed E-state index contributed by atoms with van der Waals surface area (Å²) in [5.74, 6) is 1.81. The minimum absolute atomic E-state index is 0.0580. The second-order valence-corrected chi connectivity index (χ2v) is 6.90. The number of rotatable bonds is 7. The van der Waals surface area contributed by atoms with Crippen molar-refractivity contribution in [2.75, 3.05) is 19.0 Å². The van der Waals surface area contributed by atoms with E-state index in [1.54, 1.807) is 18.0 Å². The van der Waals surface area contributed by atoms with Crippen LogP contribution < -0.4 is 10.2 Å². The monoisotopic (exact) mass is 329 g/mol. The highest BCUT2D eigenvalue weighted by atomic mass is 32.2. The molecule has 0 unspecified atom stereocenters. The maximum Gasteiger partial charge on any atom is 0.233 e. The Morgan fingerprint density at radius 2 is 1.91 bits per heavy atom. The van der Waals surface area contributed by atoms with Gasteiger partial charge in [0.2, 0.25) is 5.91 Å². The van der Waals surface area contributed by atoms with E-state index in [0.29, 0.717) is 6.54 Å². The van der Waals surface area contributed by atoms with E-state index in [2.05, 4.69) is 22.4 Å². The number of hydrogen-bond acceptors (Lipinski definition) is 4. The molecule has 2 aromatic rings. The maximum atomic E-state index is 12.2. The van der Waals surface area contributed by atoms with Crippen LogP contribution in [-0.2, 0) is 17.1 Å². The normalized spacial score (nSPS) is 11.8. The summed E-state index contributed by atoms with van der Waals surface area (Å²) in [5, 5.41) is 2.89. The molecule has 1 aromatic heterocycles. The van der Waals surface area contributed by atoms with Gasteiger partial charge in [-0.25, -0.2) is 4.98 Å². The molecule has 0 aliphatic rings. The van der Waals surface area contributed by atoms with Crippen molar-refractivity contribution in [3.05, 3.63) is 59.8 Å². The van der Waals surface area contributed by atoms with Gasteiger partial charge in [0.05, 0.1) is 5.25 Å². The van der Waals surface area contributed by atoms with Crippen molar-refractivity contribution >= 4 is 23.5 Å². The van der Waals surface area contributed by atoms with E-state index in [1.807, 2.05) is 56.3 Å². The number of amides is 1. The highest BCUT2D eigenvalue weighted by Crippen LogP contribution is 2.17. The number of carbonyl (C=O) groups excluding carboxylic acids is 1. The number of nitrogens with zero attached hydrogens (tertiary/aromatic N) is 2. The molecule has 0 fully saturated rings. The number of thioether (sulfide) groups is 1. The lowest BCUT2D eigenvalue weighted by Gasteiger charge is -2.13. The summed E-state index contributed by atoms with van der Waals surface area (Å²) in [6, 6.07) is 14.1. The Morgan fingerprint density at radius 1 is 1.17 bits per heavy atom. The third-order valence-corrected chi connectivity index (χ3v) is 4.66. The summed E-state index contributed by atoms with van der Waals surface area (Å²) in [6.07, 6.45) is 1.80. The molecule has 1 amide bonds. The zero-order valence-electron chi connectivity index (χ0n) is 13.8. The Bertz CT molecular complexity index is 614. The van der Waals surface area contributed by atoms with Gasteiger partial charge < -0.3 is 10.2 Å². The lowest BCUT2D eigenvalue weighted by Crippen LogP contribution is -2.30. The Balaban J connectivity index is 1.77. The molecule has 4 nitrogen and oxygen atoms in total. The van der Waals surface area contributed by atoms with Gasteiger partial charge in [0, 0.05) is 32.6 Å². The predicted octanol–water partition coefficient (Wildman–Crippen LogP) is 3.09. The first-order chi connectivity index (χ1) is 11.1. The first-order valence-corrected chi connectivity index (χ1v) is 8.66. The number of carbonyl (C=O) groups is 1. The lowest BCUT2D eigenvalue weighted by molar-refractivity contribution is -0.120. The molecule has 1 aromatic carbocycles. The van der Waals surface area contributed by atoms with Gasteiger partial charge in [0.15, 0.2) is 0 Å². The van der Waals surface area contributed by atoms with E-state index >= 15 is 0 Å². The molecule has 0 spiro atoms. The Labute approximate surface area is 142 Å². The third-order valence-electron chi connectivity index (χ3n) is 3.45. The molecule has 1 atom stereocenters. The molecule has 2 rings (SSSR count). The van der Waals surface area contributed by atoms with Gasteiger partial charge >= 0.3 is 0 Å². The fourth-order valence-corrected chi connectivity index (χ4v) is 2.86. The van der Waals surface area contributed by atoms with E-state index < -0.39 is 0 Å². The van der Waals surface area contributed by atoms with Crippen LogP contribution in [0.1, 0.15) is 18.1 Å². The van der Waals surface area contributed by atoms with Gasteiger partial charge in [-0.3, -0.25) is 4.79 Å². The lowest BCUT2D eigenvalue weighted by atomic mass is 10.2. The van der Waals surface area contributed by atoms with Gasteiger partial charge in [-0.15, -0.1) is 11.8 Å². The molecule has 0 aliphatic heterocycles. The fourth-order valence-electron chi connectivity index (χ4n) is 1.99. The third kappa shape index (κ3) is 5.60. The standard InChI is InChI=1S/C18H23N3OS/c1-14(23-13-15-7-5-4-6-8-15)18(22)20-12-16-9-10-17(19-11-16)21(2)3/h4-11,14H,12-13H2,1-3H3,(H,20,22)/t14-/m1/s1. The molecule has 0 bridgehead atoms. The average molecular weight is 329 g/mol. The highest BCUT2D eigenvalue weighted by molar-refractivity contribution is 7.99. The van der Waals surface area contributed by atoms with Crippen LogP contribution in [0.5, 0.6) is 0 Å². The summed E-state index contributed by atoms with van der Waals surface area (Å²) in [7, 11) is 3.91. The predicted molar refractivity (Wildman–Crippen MR) is 97.6 cm³/mol. The molecule has 0 saturated heterocycles. The van der Waals surface area contributed by atoms with Crippen molar-refractivity contribution in [3.8, 4) is 0 Å². The minimum Gasteiger partial charge on any atom is -0.363 e. The van der Waals surface area contributed by atoms with Crippen molar-refractivity contribution in [1.29, 1.82) is 0 Å². The molecular formula is C18H23N3OS.